The Bertz CT molecular complexity index is 546. The molecule has 10 heteroatoms. The number of rotatable bonds is 7. The van der Waals surface area contributed by atoms with Crippen LogP contribution in [-0.2, 0) is 37.4 Å². The van der Waals surface area contributed by atoms with Crippen LogP contribution in [-0.4, -0.2) is 82.1 Å². The van der Waals surface area contributed by atoms with Crippen LogP contribution in [0.3, 0.4) is 0 Å². The summed E-state index contributed by atoms with van der Waals surface area (Å²) in [7, 11) is 3.97. The second-order valence-electron chi connectivity index (χ2n) is 7.28. The Balaban J connectivity index is 3.83. The number of ether oxygens (including phenoxy) is 3. The number of esters is 2. The maximum absolute atomic E-state index is 12.9. The fraction of sp³-hybridized carbons (Fsp3) is 0.875. The molecule has 154 valence electrons. The number of hydrogen-bond donors (Lipinski definition) is 0. The Labute approximate surface area is 155 Å². The first-order valence-electron chi connectivity index (χ1n) is 8.15. The Hall–Kier alpha value is -0.830. The summed E-state index contributed by atoms with van der Waals surface area (Å²) < 4.78 is 35.5. The van der Waals surface area contributed by atoms with Gasteiger partial charge in [-0.05, 0) is 0 Å². The van der Waals surface area contributed by atoms with Gasteiger partial charge in [0.25, 0.3) is 0 Å². The van der Waals surface area contributed by atoms with Gasteiger partial charge in [0.1, 0.15) is 0 Å². The molecule has 9 nitrogen and oxygen atoms in total. The van der Waals surface area contributed by atoms with Gasteiger partial charge in [0.05, 0.1) is 0 Å². The third-order valence-electron chi connectivity index (χ3n) is 5.18. The van der Waals surface area contributed by atoms with Gasteiger partial charge in [0, 0.05) is 0 Å². The van der Waals surface area contributed by atoms with E-state index in [1.165, 1.54) is 28.4 Å². The SMILES string of the molecule is COC(=O)C(OC)C(C(=O)OC)P1(OC)(N(C)C)OC(C)(C)C(C)(C)O1. The zero-order valence-corrected chi connectivity index (χ0v) is 18.2. The number of hydrogen-bond acceptors (Lipinski definition) is 9. The Morgan fingerprint density at radius 2 is 1.31 bits per heavy atom. The summed E-state index contributed by atoms with van der Waals surface area (Å²) in [5, 5.41) is 0. The standard InChI is InChI=1S/C16H32NO8P/c1-15(2)16(3,4)25-26(23-10,24-15,17(5)6)12(14(19)22-9)11(20-7)13(18)21-8/h11-12H,1-10H3. The first kappa shape index (κ1) is 23.2. The van der Waals surface area contributed by atoms with Crippen LogP contribution in [0.15, 0.2) is 0 Å². The molecule has 0 spiro atoms. The molecule has 0 bridgehead atoms. The van der Waals surface area contributed by atoms with E-state index in [2.05, 4.69) is 0 Å². The molecule has 26 heavy (non-hydrogen) atoms. The van der Waals surface area contributed by atoms with Gasteiger partial charge in [-0.15, -0.1) is 0 Å². The van der Waals surface area contributed by atoms with Crippen LogP contribution in [0.2, 0.25) is 0 Å². The maximum atomic E-state index is 12.9. The van der Waals surface area contributed by atoms with E-state index in [9.17, 15) is 9.59 Å². The van der Waals surface area contributed by atoms with Crippen molar-refractivity contribution >= 4 is 19.4 Å². The zero-order valence-electron chi connectivity index (χ0n) is 17.3. The minimum absolute atomic E-state index is 0.760. The summed E-state index contributed by atoms with van der Waals surface area (Å²) in [5.41, 5.74) is -3.03. The van der Waals surface area contributed by atoms with Crippen molar-refractivity contribution in [3.63, 3.8) is 0 Å². The van der Waals surface area contributed by atoms with Gasteiger partial charge in [0.15, 0.2) is 0 Å². The molecule has 0 aliphatic carbocycles. The first-order chi connectivity index (χ1) is 11.8. The molecule has 2 unspecified atom stereocenters. The van der Waals surface area contributed by atoms with E-state index >= 15 is 0 Å². The van der Waals surface area contributed by atoms with E-state index in [4.69, 9.17) is 27.8 Å². The van der Waals surface area contributed by atoms with Crippen molar-refractivity contribution in [2.24, 2.45) is 0 Å². The quantitative estimate of drug-likeness (QED) is 0.470. The number of carbonyl (C=O) groups excluding carboxylic acids is 2. The first-order valence-corrected chi connectivity index (χ1v) is 10.2. The van der Waals surface area contributed by atoms with Crippen LogP contribution in [0.1, 0.15) is 27.7 Å². The zero-order chi connectivity index (χ0) is 20.6. The van der Waals surface area contributed by atoms with Gasteiger partial charge in [-0.25, -0.2) is 0 Å². The second kappa shape index (κ2) is 7.30. The predicted molar refractivity (Wildman–Crippen MR) is 96.6 cm³/mol. The third-order valence-corrected chi connectivity index (χ3v) is 10.3. The average molecular weight is 397 g/mol. The van der Waals surface area contributed by atoms with Crippen LogP contribution in [0.4, 0.5) is 0 Å². The van der Waals surface area contributed by atoms with Gasteiger partial charge in [-0.1, -0.05) is 0 Å². The van der Waals surface area contributed by atoms with E-state index in [1.807, 2.05) is 27.7 Å². The third kappa shape index (κ3) is 3.15. The van der Waals surface area contributed by atoms with Gasteiger partial charge >= 0.3 is 155 Å². The van der Waals surface area contributed by atoms with E-state index in [0.717, 1.165) is 0 Å². The van der Waals surface area contributed by atoms with E-state index < -0.39 is 42.3 Å². The summed E-state index contributed by atoms with van der Waals surface area (Å²) in [4.78, 5) is 25.3. The monoisotopic (exact) mass is 397 g/mol. The molecule has 1 heterocycles. The molecule has 0 N–H and O–H groups in total. The van der Waals surface area contributed by atoms with Gasteiger partial charge in [0.2, 0.25) is 0 Å². The molecule has 2 atom stereocenters. The molecule has 1 aliphatic heterocycles. The fourth-order valence-corrected chi connectivity index (χ4v) is 8.14. The normalized spacial score (nSPS) is 26.3. The van der Waals surface area contributed by atoms with Crippen molar-refractivity contribution < 1.29 is 37.4 Å². The molecule has 0 radical (unpaired) electrons. The number of nitrogens with zero attached hydrogens (tertiary/aromatic N) is 1. The molecule has 0 saturated carbocycles. The molecular formula is C16H32NO8P. The van der Waals surface area contributed by atoms with Gasteiger partial charge < -0.3 is 0 Å². The van der Waals surface area contributed by atoms with Crippen LogP contribution in [0.25, 0.3) is 0 Å². The predicted octanol–water partition coefficient (Wildman–Crippen LogP) is 1.74. The molecule has 0 aromatic rings. The Kier molecular flexibility index (Phi) is 6.51. The molecule has 1 fully saturated rings. The summed E-state index contributed by atoms with van der Waals surface area (Å²) >= 11 is 0. The summed E-state index contributed by atoms with van der Waals surface area (Å²) in [6.07, 6.45) is -1.35. The van der Waals surface area contributed by atoms with Crippen LogP contribution in [0.5, 0.6) is 0 Å². The van der Waals surface area contributed by atoms with E-state index in [1.54, 1.807) is 18.8 Å². The van der Waals surface area contributed by atoms with Crippen LogP contribution >= 0.6 is 7.43 Å². The van der Waals surface area contributed by atoms with Crippen LogP contribution < -0.4 is 0 Å². The molecule has 1 rings (SSSR count). The molecule has 1 aliphatic rings. The minimum atomic E-state index is -4.46. The molecular weight excluding hydrogens is 365 g/mol. The van der Waals surface area contributed by atoms with E-state index in [-0.39, 0.29) is 0 Å². The second-order valence-corrected chi connectivity index (χ2v) is 11.2. The topological polar surface area (TPSA) is 92.8 Å². The summed E-state index contributed by atoms with van der Waals surface area (Å²) in [5.74, 6) is -1.52. The van der Waals surface area contributed by atoms with Crippen molar-refractivity contribution in [3.8, 4) is 0 Å². The van der Waals surface area contributed by atoms with Crippen molar-refractivity contribution in [2.45, 2.75) is 50.7 Å². The van der Waals surface area contributed by atoms with E-state index in [0.29, 0.717) is 0 Å². The fourth-order valence-electron chi connectivity index (χ4n) is 3.07. The summed E-state index contributed by atoms with van der Waals surface area (Å²) in [6, 6.07) is 0. The van der Waals surface area contributed by atoms with Crippen LogP contribution in [0, 0.1) is 0 Å². The van der Waals surface area contributed by atoms with Gasteiger partial charge in [-0.2, -0.15) is 0 Å². The van der Waals surface area contributed by atoms with Crippen molar-refractivity contribution in [3.05, 3.63) is 0 Å². The number of methoxy groups -OCH3 is 3. The Morgan fingerprint density at radius 3 is 1.58 bits per heavy atom. The molecule has 0 amide bonds. The average Bonchev–Trinajstić information content (AvgIpc) is 2.74. The molecule has 1 saturated heterocycles. The van der Waals surface area contributed by atoms with Crippen molar-refractivity contribution in [1.82, 2.24) is 4.67 Å². The number of carbonyl (C=O) groups is 2. The van der Waals surface area contributed by atoms with Crippen molar-refractivity contribution in [1.29, 1.82) is 0 Å². The Morgan fingerprint density at radius 1 is 0.885 bits per heavy atom. The summed E-state index contributed by atoms with van der Waals surface area (Å²) in [6.45, 7) is 7.33. The van der Waals surface area contributed by atoms with Crippen molar-refractivity contribution in [2.75, 3.05) is 42.5 Å². The molecule has 0 aromatic heterocycles. The molecule has 0 aromatic carbocycles. The van der Waals surface area contributed by atoms with Gasteiger partial charge in [-0.3, -0.25) is 0 Å².